The highest BCUT2D eigenvalue weighted by Crippen LogP contribution is 2.14. The number of hydrogen-bond donors (Lipinski definition) is 2. The maximum Gasteiger partial charge on any atom is 0.272 e. The highest BCUT2D eigenvalue weighted by atomic mass is 16.2. The Hall–Kier alpha value is -3.02. The van der Waals surface area contributed by atoms with Gasteiger partial charge in [-0.15, -0.1) is 0 Å². The van der Waals surface area contributed by atoms with Crippen LogP contribution in [0.5, 0.6) is 0 Å². The van der Waals surface area contributed by atoms with Crippen LogP contribution in [0.25, 0.3) is 0 Å². The summed E-state index contributed by atoms with van der Waals surface area (Å²) in [7, 11) is 0. The Morgan fingerprint density at radius 1 is 1.17 bits per heavy atom. The number of carbonyl (C=O) groups excluding carboxylic acids is 2. The van der Waals surface area contributed by atoms with Crippen molar-refractivity contribution < 1.29 is 9.59 Å². The SMILES string of the molecule is C/C(CC(=O)Nc1ccc(C)c(C)c1)=N/NC(=O)c1cccnc1. The molecule has 0 bridgehead atoms. The molecule has 0 spiro atoms. The lowest BCUT2D eigenvalue weighted by Gasteiger charge is -2.08. The van der Waals surface area contributed by atoms with Gasteiger partial charge in [0, 0.05) is 23.8 Å². The van der Waals surface area contributed by atoms with Gasteiger partial charge in [-0.1, -0.05) is 6.07 Å². The van der Waals surface area contributed by atoms with Crippen LogP contribution in [0.1, 0.15) is 34.8 Å². The smallest absolute Gasteiger partial charge is 0.272 e. The topological polar surface area (TPSA) is 83.5 Å². The van der Waals surface area contributed by atoms with Crippen LogP contribution < -0.4 is 10.7 Å². The molecule has 0 aliphatic carbocycles. The second-order valence-corrected chi connectivity index (χ2v) is 5.55. The second-order valence-electron chi connectivity index (χ2n) is 5.55. The van der Waals surface area contributed by atoms with Gasteiger partial charge in [-0.2, -0.15) is 5.10 Å². The molecule has 0 fully saturated rings. The predicted molar refractivity (Wildman–Crippen MR) is 94.0 cm³/mol. The first-order valence-electron chi connectivity index (χ1n) is 7.56. The Morgan fingerprint density at radius 3 is 2.62 bits per heavy atom. The molecule has 2 N–H and O–H groups in total. The quantitative estimate of drug-likeness (QED) is 0.655. The molecule has 0 saturated carbocycles. The van der Waals surface area contributed by atoms with Gasteiger partial charge in [0.2, 0.25) is 5.91 Å². The zero-order chi connectivity index (χ0) is 17.5. The number of nitrogens with one attached hydrogen (secondary N) is 2. The predicted octanol–water partition coefficient (Wildman–Crippen LogP) is 2.83. The van der Waals surface area contributed by atoms with Crippen molar-refractivity contribution in [1.82, 2.24) is 10.4 Å². The third-order valence-electron chi connectivity index (χ3n) is 3.48. The van der Waals surface area contributed by atoms with E-state index in [1.165, 1.54) is 11.8 Å². The summed E-state index contributed by atoms with van der Waals surface area (Å²) in [5.74, 6) is -0.549. The van der Waals surface area contributed by atoms with E-state index in [9.17, 15) is 9.59 Å². The molecule has 2 amide bonds. The average Bonchev–Trinajstić information content (AvgIpc) is 2.56. The maximum atomic E-state index is 12.0. The molecule has 0 unspecified atom stereocenters. The number of hydrogen-bond acceptors (Lipinski definition) is 4. The third-order valence-corrected chi connectivity index (χ3v) is 3.48. The van der Waals surface area contributed by atoms with Gasteiger partial charge in [0.1, 0.15) is 0 Å². The Morgan fingerprint density at radius 2 is 1.96 bits per heavy atom. The minimum Gasteiger partial charge on any atom is -0.326 e. The van der Waals surface area contributed by atoms with Crippen molar-refractivity contribution >= 4 is 23.2 Å². The summed E-state index contributed by atoms with van der Waals surface area (Å²) >= 11 is 0. The van der Waals surface area contributed by atoms with Crippen molar-refractivity contribution in [2.45, 2.75) is 27.2 Å². The summed E-state index contributed by atoms with van der Waals surface area (Å²) in [4.78, 5) is 27.7. The van der Waals surface area contributed by atoms with E-state index in [1.807, 2.05) is 32.0 Å². The van der Waals surface area contributed by atoms with Crippen LogP contribution >= 0.6 is 0 Å². The number of aromatic nitrogens is 1. The normalized spacial score (nSPS) is 11.0. The van der Waals surface area contributed by atoms with Crippen molar-refractivity contribution in [2.24, 2.45) is 5.10 Å². The molecule has 124 valence electrons. The molecule has 1 aromatic carbocycles. The van der Waals surface area contributed by atoms with Gasteiger partial charge in [-0.25, -0.2) is 5.43 Å². The summed E-state index contributed by atoms with van der Waals surface area (Å²) in [6, 6.07) is 9.04. The maximum absolute atomic E-state index is 12.0. The number of pyridine rings is 1. The fourth-order valence-corrected chi connectivity index (χ4v) is 2.00. The number of aryl methyl sites for hydroxylation is 2. The third kappa shape index (κ3) is 5.01. The van der Waals surface area contributed by atoms with Gasteiger partial charge in [-0.05, 0) is 56.2 Å². The first-order chi connectivity index (χ1) is 11.5. The number of carbonyl (C=O) groups is 2. The molecule has 1 heterocycles. The summed E-state index contributed by atoms with van der Waals surface area (Å²) in [5.41, 5.74) is 6.36. The fourth-order valence-electron chi connectivity index (χ4n) is 2.00. The van der Waals surface area contributed by atoms with Crippen LogP contribution in [-0.2, 0) is 4.79 Å². The summed E-state index contributed by atoms with van der Waals surface area (Å²) in [6.07, 6.45) is 3.13. The molecule has 0 saturated heterocycles. The minimum absolute atomic E-state index is 0.0975. The lowest BCUT2D eigenvalue weighted by atomic mass is 10.1. The van der Waals surface area contributed by atoms with Gasteiger partial charge in [-0.3, -0.25) is 14.6 Å². The zero-order valence-corrected chi connectivity index (χ0v) is 14.0. The molecule has 0 aliphatic rings. The highest BCUT2D eigenvalue weighted by molar-refractivity contribution is 6.06. The van der Waals surface area contributed by atoms with Gasteiger partial charge >= 0.3 is 0 Å². The zero-order valence-electron chi connectivity index (χ0n) is 14.0. The lowest BCUT2D eigenvalue weighted by molar-refractivity contribution is -0.115. The molecular weight excluding hydrogens is 304 g/mol. The number of amides is 2. The number of nitrogens with zero attached hydrogens (tertiary/aromatic N) is 2. The summed E-state index contributed by atoms with van der Waals surface area (Å²) < 4.78 is 0. The van der Waals surface area contributed by atoms with Crippen molar-refractivity contribution in [3.8, 4) is 0 Å². The van der Waals surface area contributed by atoms with Crippen LogP contribution in [0, 0.1) is 13.8 Å². The minimum atomic E-state index is -0.364. The van der Waals surface area contributed by atoms with E-state index in [4.69, 9.17) is 0 Å². The van der Waals surface area contributed by atoms with E-state index in [1.54, 1.807) is 25.3 Å². The molecular formula is C18H20N4O2. The summed E-state index contributed by atoms with van der Waals surface area (Å²) in [6.45, 7) is 5.69. The second kappa shape index (κ2) is 8.01. The van der Waals surface area contributed by atoms with Crippen molar-refractivity contribution in [3.05, 3.63) is 59.4 Å². The van der Waals surface area contributed by atoms with Gasteiger partial charge in [0.25, 0.3) is 5.91 Å². The van der Waals surface area contributed by atoms with Crippen LogP contribution in [-0.4, -0.2) is 22.5 Å². The van der Waals surface area contributed by atoms with Gasteiger partial charge in [0.05, 0.1) is 12.0 Å². The van der Waals surface area contributed by atoms with Gasteiger partial charge in [0.15, 0.2) is 0 Å². The average molecular weight is 324 g/mol. The van der Waals surface area contributed by atoms with Crippen molar-refractivity contribution in [2.75, 3.05) is 5.32 Å². The van der Waals surface area contributed by atoms with E-state index in [-0.39, 0.29) is 18.2 Å². The number of anilines is 1. The molecule has 2 aromatic rings. The largest absolute Gasteiger partial charge is 0.326 e. The monoisotopic (exact) mass is 324 g/mol. The highest BCUT2D eigenvalue weighted by Gasteiger charge is 2.07. The van der Waals surface area contributed by atoms with Crippen molar-refractivity contribution in [3.63, 3.8) is 0 Å². The number of hydrazone groups is 1. The van der Waals surface area contributed by atoms with Crippen LogP contribution in [0.4, 0.5) is 5.69 Å². The molecule has 0 aliphatic heterocycles. The van der Waals surface area contributed by atoms with E-state index >= 15 is 0 Å². The van der Waals surface area contributed by atoms with Crippen LogP contribution in [0.2, 0.25) is 0 Å². The molecule has 0 atom stereocenters. The molecule has 24 heavy (non-hydrogen) atoms. The first-order valence-corrected chi connectivity index (χ1v) is 7.56. The molecule has 0 radical (unpaired) electrons. The number of benzene rings is 1. The molecule has 6 nitrogen and oxygen atoms in total. The lowest BCUT2D eigenvalue weighted by Crippen LogP contribution is -2.21. The number of rotatable bonds is 5. The van der Waals surface area contributed by atoms with E-state index < -0.39 is 0 Å². The van der Waals surface area contributed by atoms with E-state index in [2.05, 4.69) is 20.8 Å². The van der Waals surface area contributed by atoms with E-state index in [0.717, 1.165) is 11.3 Å². The Kier molecular flexibility index (Phi) is 5.78. The Bertz CT molecular complexity index is 770. The first kappa shape index (κ1) is 17.3. The van der Waals surface area contributed by atoms with Gasteiger partial charge < -0.3 is 5.32 Å². The van der Waals surface area contributed by atoms with Crippen molar-refractivity contribution in [1.29, 1.82) is 0 Å². The van der Waals surface area contributed by atoms with Crippen LogP contribution in [0.3, 0.4) is 0 Å². The molecule has 6 heteroatoms. The standard InChI is InChI=1S/C18H20N4O2/c1-12-6-7-16(9-13(12)2)20-17(23)10-14(3)21-22-18(24)15-5-4-8-19-11-15/h4-9,11H,10H2,1-3H3,(H,20,23)(H,22,24)/b21-14-. The van der Waals surface area contributed by atoms with Crippen LogP contribution in [0.15, 0.2) is 47.8 Å². The Labute approximate surface area is 141 Å². The molecule has 2 rings (SSSR count). The van der Waals surface area contributed by atoms with E-state index in [0.29, 0.717) is 11.3 Å². The molecule has 1 aromatic heterocycles. The Balaban J connectivity index is 1.88. The summed E-state index contributed by atoms with van der Waals surface area (Å²) in [5, 5.41) is 6.76. The fraction of sp³-hybridized carbons (Fsp3) is 0.222.